The number of aryl methyl sites for hydroxylation is 2. The molecule has 7 heteroatoms. The Morgan fingerprint density at radius 1 is 1.12 bits per heavy atom. The normalized spacial score (nSPS) is 12.6. The molecule has 6 nitrogen and oxygen atoms in total. The first-order valence-corrected chi connectivity index (χ1v) is 10.7. The van der Waals surface area contributed by atoms with Gasteiger partial charge in [-0.25, -0.2) is 4.39 Å². The van der Waals surface area contributed by atoms with Gasteiger partial charge in [0.2, 0.25) is 0 Å². The van der Waals surface area contributed by atoms with Crippen LogP contribution in [0.1, 0.15) is 41.0 Å². The summed E-state index contributed by atoms with van der Waals surface area (Å²) in [5, 5.41) is 5.37. The Morgan fingerprint density at radius 3 is 2.50 bits per heavy atom. The number of pyridine rings is 2. The van der Waals surface area contributed by atoms with Gasteiger partial charge in [-0.15, -0.1) is 0 Å². The van der Waals surface area contributed by atoms with Gasteiger partial charge in [-0.1, -0.05) is 0 Å². The molecule has 3 aromatic heterocycles. The molecule has 0 aliphatic rings. The number of hydrogen-bond acceptors (Lipinski definition) is 4. The van der Waals surface area contributed by atoms with Gasteiger partial charge < -0.3 is 4.57 Å². The van der Waals surface area contributed by atoms with Crippen molar-refractivity contribution in [1.82, 2.24) is 24.2 Å². The minimum Gasteiger partial charge on any atom is -0.303 e. The minimum atomic E-state index is -0.360. The van der Waals surface area contributed by atoms with Crippen molar-refractivity contribution in [2.45, 2.75) is 39.9 Å². The van der Waals surface area contributed by atoms with E-state index < -0.39 is 0 Å². The third-order valence-corrected chi connectivity index (χ3v) is 6.29. The first kappa shape index (κ1) is 21.9. The van der Waals surface area contributed by atoms with Crippen molar-refractivity contribution >= 4 is 10.9 Å². The summed E-state index contributed by atoms with van der Waals surface area (Å²) >= 11 is 0. The lowest BCUT2D eigenvalue weighted by Crippen LogP contribution is -2.30. The van der Waals surface area contributed by atoms with Crippen LogP contribution in [0.15, 0.2) is 53.6 Å². The van der Waals surface area contributed by atoms with E-state index in [9.17, 15) is 9.18 Å². The second-order valence-corrected chi connectivity index (χ2v) is 8.42. The highest BCUT2D eigenvalue weighted by Gasteiger charge is 2.21. The van der Waals surface area contributed by atoms with Gasteiger partial charge in [0, 0.05) is 48.8 Å². The Labute approximate surface area is 186 Å². The Kier molecular flexibility index (Phi) is 5.93. The minimum absolute atomic E-state index is 0.0839. The molecule has 4 aromatic rings. The Hall–Kier alpha value is -3.32. The average Bonchev–Trinajstić information content (AvgIpc) is 3.02. The van der Waals surface area contributed by atoms with E-state index in [4.69, 9.17) is 0 Å². The molecule has 0 saturated carbocycles. The van der Waals surface area contributed by atoms with Gasteiger partial charge in [0.05, 0.1) is 17.8 Å². The molecular weight excluding hydrogens is 405 g/mol. The SMILES string of the molecule is Cc1nn(C)c(C)c1[C@@H](C)N(C)Cc1cc2ccc(F)cc2n(Cc2ccncc2)c1=O. The molecule has 0 spiro atoms. The van der Waals surface area contributed by atoms with Crippen LogP contribution in [0.2, 0.25) is 0 Å². The zero-order valence-corrected chi connectivity index (χ0v) is 19.1. The zero-order chi connectivity index (χ0) is 23.0. The van der Waals surface area contributed by atoms with E-state index in [-0.39, 0.29) is 17.4 Å². The molecule has 166 valence electrons. The van der Waals surface area contributed by atoms with Gasteiger partial charge in [-0.2, -0.15) is 5.10 Å². The van der Waals surface area contributed by atoms with Crippen LogP contribution in [0.25, 0.3) is 10.9 Å². The average molecular weight is 434 g/mol. The summed E-state index contributed by atoms with van der Waals surface area (Å²) in [6, 6.07) is 10.3. The molecule has 32 heavy (non-hydrogen) atoms. The highest BCUT2D eigenvalue weighted by Crippen LogP contribution is 2.26. The lowest BCUT2D eigenvalue weighted by Gasteiger charge is -2.26. The van der Waals surface area contributed by atoms with Gasteiger partial charge >= 0.3 is 0 Å². The highest BCUT2D eigenvalue weighted by atomic mass is 19.1. The summed E-state index contributed by atoms with van der Waals surface area (Å²) in [4.78, 5) is 19.7. The summed E-state index contributed by atoms with van der Waals surface area (Å²) in [5.74, 6) is -0.360. The zero-order valence-electron chi connectivity index (χ0n) is 19.1. The molecule has 0 saturated heterocycles. The second kappa shape index (κ2) is 8.67. The predicted octanol–water partition coefficient (Wildman–Crippen LogP) is 4.13. The number of fused-ring (bicyclic) bond motifs is 1. The molecular formula is C25H28FN5O. The van der Waals surface area contributed by atoms with Crippen molar-refractivity contribution in [1.29, 1.82) is 0 Å². The third kappa shape index (κ3) is 4.08. The van der Waals surface area contributed by atoms with Gasteiger partial charge in [-0.3, -0.25) is 19.4 Å². The van der Waals surface area contributed by atoms with Crippen LogP contribution in [-0.4, -0.2) is 31.3 Å². The molecule has 0 aliphatic carbocycles. The van der Waals surface area contributed by atoms with Gasteiger partial charge in [-0.05, 0) is 75.2 Å². The fraction of sp³-hybridized carbons (Fsp3) is 0.320. The van der Waals surface area contributed by atoms with Crippen LogP contribution >= 0.6 is 0 Å². The molecule has 0 amide bonds. The van der Waals surface area contributed by atoms with E-state index in [1.54, 1.807) is 23.0 Å². The molecule has 1 atom stereocenters. The fourth-order valence-corrected chi connectivity index (χ4v) is 4.37. The summed E-state index contributed by atoms with van der Waals surface area (Å²) in [7, 11) is 3.96. The number of halogens is 1. The van der Waals surface area contributed by atoms with Crippen molar-refractivity contribution in [2.24, 2.45) is 7.05 Å². The van der Waals surface area contributed by atoms with Crippen molar-refractivity contribution in [2.75, 3.05) is 7.05 Å². The summed E-state index contributed by atoms with van der Waals surface area (Å²) < 4.78 is 17.6. The number of aromatic nitrogens is 4. The van der Waals surface area contributed by atoms with Gasteiger partial charge in [0.1, 0.15) is 5.82 Å². The monoisotopic (exact) mass is 433 g/mol. The first-order chi connectivity index (χ1) is 15.3. The quantitative estimate of drug-likeness (QED) is 0.459. The Bertz CT molecular complexity index is 1330. The predicted molar refractivity (Wildman–Crippen MR) is 124 cm³/mol. The van der Waals surface area contributed by atoms with Crippen LogP contribution < -0.4 is 5.56 Å². The lowest BCUT2D eigenvalue weighted by molar-refractivity contribution is 0.250. The number of benzene rings is 1. The molecule has 0 unspecified atom stereocenters. The van der Waals surface area contributed by atoms with Gasteiger partial charge in [0.15, 0.2) is 0 Å². The maximum absolute atomic E-state index is 14.0. The van der Waals surface area contributed by atoms with Gasteiger partial charge in [0.25, 0.3) is 5.56 Å². The molecule has 1 aromatic carbocycles. The molecule has 0 fully saturated rings. The van der Waals surface area contributed by atoms with Crippen LogP contribution in [0.3, 0.4) is 0 Å². The van der Waals surface area contributed by atoms with E-state index in [0.29, 0.717) is 24.2 Å². The standard InChI is InChI=1S/C25H28FN5O/c1-16-24(18(3)30(5)28-16)17(2)29(4)15-21-12-20-6-7-22(26)13-23(20)31(25(21)32)14-19-8-10-27-11-9-19/h6-13,17H,14-15H2,1-5H3/t17-/m1/s1. The smallest absolute Gasteiger partial charge is 0.255 e. The molecule has 0 N–H and O–H groups in total. The largest absolute Gasteiger partial charge is 0.303 e. The highest BCUT2D eigenvalue weighted by molar-refractivity contribution is 5.79. The maximum atomic E-state index is 14.0. The van der Waals surface area contributed by atoms with Crippen LogP contribution in [0.4, 0.5) is 4.39 Å². The number of hydrogen-bond donors (Lipinski definition) is 0. The Morgan fingerprint density at radius 2 is 1.84 bits per heavy atom. The van der Waals surface area contributed by atoms with E-state index >= 15 is 0 Å². The van der Waals surface area contributed by atoms with E-state index in [1.807, 2.05) is 43.9 Å². The van der Waals surface area contributed by atoms with Crippen molar-refractivity contribution in [3.63, 3.8) is 0 Å². The van der Waals surface area contributed by atoms with Crippen molar-refractivity contribution in [3.05, 3.63) is 93.0 Å². The molecule has 3 heterocycles. The van der Waals surface area contributed by atoms with E-state index in [0.717, 1.165) is 22.3 Å². The van der Waals surface area contributed by atoms with Crippen LogP contribution in [0, 0.1) is 19.7 Å². The van der Waals surface area contributed by atoms with Crippen molar-refractivity contribution < 1.29 is 4.39 Å². The fourth-order valence-electron chi connectivity index (χ4n) is 4.37. The summed E-state index contributed by atoms with van der Waals surface area (Å²) in [6.07, 6.45) is 3.39. The number of nitrogens with zero attached hydrogens (tertiary/aromatic N) is 5. The maximum Gasteiger partial charge on any atom is 0.255 e. The second-order valence-electron chi connectivity index (χ2n) is 8.42. The molecule has 0 radical (unpaired) electrons. The van der Waals surface area contributed by atoms with E-state index in [2.05, 4.69) is 28.8 Å². The van der Waals surface area contributed by atoms with E-state index in [1.165, 1.54) is 17.7 Å². The Balaban J connectivity index is 1.75. The molecule has 0 aliphatic heterocycles. The number of rotatable bonds is 6. The first-order valence-electron chi connectivity index (χ1n) is 10.7. The van der Waals surface area contributed by atoms with Crippen molar-refractivity contribution in [3.8, 4) is 0 Å². The molecule has 0 bridgehead atoms. The summed E-state index contributed by atoms with van der Waals surface area (Å²) in [5.41, 5.74) is 5.37. The third-order valence-electron chi connectivity index (χ3n) is 6.29. The summed E-state index contributed by atoms with van der Waals surface area (Å²) in [6.45, 7) is 7.03. The lowest BCUT2D eigenvalue weighted by atomic mass is 10.0. The molecule has 4 rings (SSSR count). The topological polar surface area (TPSA) is 56.0 Å². The van der Waals surface area contributed by atoms with Crippen LogP contribution in [-0.2, 0) is 20.1 Å². The van der Waals surface area contributed by atoms with Crippen LogP contribution in [0.5, 0.6) is 0 Å².